The summed E-state index contributed by atoms with van der Waals surface area (Å²) in [5.74, 6) is -0.875. The minimum atomic E-state index is -3.33. The molecule has 2 rings (SSSR count). The number of carboxylic acids is 1. The van der Waals surface area contributed by atoms with Crippen LogP contribution in [0.5, 0.6) is 0 Å². The molecular formula is C18H27N3O5S. The minimum Gasteiger partial charge on any atom is -0.480 e. The van der Waals surface area contributed by atoms with Gasteiger partial charge in [0.15, 0.2) is 9.84 Å². The molecule has 1 saturated carbocycles. The number of hydrogen-bond acceptors (Lipinski definition) is 5. The van der Waals surface area contributed by atoms with Gasteiger partial charge in [0.05, 0.1) is 17.2 Å². The highest BCUT2D eigenvalue weighted by Gasteiger charge is 2.34. The van der Waals surface area contributed by atoms with Crippen molar-refractivity contribution >= 4 is 21.8 Å². The number of likely N-dealkylation sites (N-methyl/N-ethyl adjacent to an activating group) is 1. The lowest BCUT2D eigenvalue weighted by molar-refractivity contribution is -0.139. The summed E-state index contributed by atoms with van der Waals surface area (Å²) < 4.78 is 24.3. The van der Waals surface area contributed by atoms with Crippen molar-refractivity contribution in [1.29, 1.82) is 0 Å². The Hall–Kier alpha value is -2.13. The smallest absolute Gasteiger partial charge is 0.317 e. The van der Waals surface area contributed by atoms with Crippen molar-refractivity contribution in [3.8, 4) is 0 Å². The van der Waals surface area contributed by atoms with E-state index in [1.807, 2.05) is 11.8 Å². The molecule has 1 aliphatic rings. The Balaban J connectivity index is 1.63. The van der Waals surface area contributed by atoms with E-state index in [0.717, 1.165) is 12.8 Å². The second-order valence-corrected chi connectivity index (χ2v) is 8.77. The number of carbonyl (C=O) groups excluding carboxylic acids is 1. The number of nitrogens with zero attached hydrogens (tertiary/aromatic N) is 1. The molecular weight excluding hydrogens is 370 g/mol. The van der Waals surface area contributed by atoms with E-state index in [2.05, 4.69) is 10.6 Å². The van der Waals surface area contributed by atoms with E-state index in [1.54, 1.807) is 30.3 Å². The van der Waals surface area contributed by atoms with Crippen LogP contribution in [0.2, 0.25) is 0 Å². The first-order valence-electron chi connectivity index (χ1n) is 9.10. The number of urea groups is 1. The van der Waals surface area contributed by atoms with Crippen LogP contribution >= 0.6 is 0 Å². The highest BCUT2D eigenvalue weighted by molar-refractivity contribution is 7.91. The van der Waals surface area contributed by atoms with Crippen molar-refractivity contribution in [2.75, 3.05) is 25.4 Å². The first-order valence-corrected chi connectivity index (χ1v) is 10.7. The third kappa shape index (κ3) is 6.51. The molecule has 0 aromatic heterocycles. The third-order valence-electron chi connectivity index (χ3n) is 4.69. The number of rotatable bonds is 10. The lowest BCUT2D eigenvalue weighted by Crippen LogP contribution is -2.56. The molecule has 9 heteroatoms. The van der Waals surface area contributed by atoms with Gasteiger partial charge in [-0.05, 0) is 37.9 Å². The van der Waals surface area contributed by atoms with E-state index in [0.29, 0.717) is 13.0 Å². The van der Waals surface area contributed by atoms with Gasteiger partial charge in [-0.2, -0.15) is 0 Å². The fourth-order valence-corrected chi connectivity index (χ4v) is 4.45. The van der Waals surface area contributed by atoms with Crippen LogP contribution in [0, 0.1) is 0 Å². The van der Waals surface area contributed by atoms with Gasteiger partial charge in [0.25, 0.3) is 0 Å². The molecule has 1 aromatic rings. The molecule has 0 heterocycles. The van der Waals surface area contributed by atoms with Crippen LogP contribution in [0.3, 0.4) is 0 Å². The average Bonchev–Trinajstić information content (AvgIpc) is 2.60. The van der Waals surface area contributed by atoms with Crippen LogP contribution in [0.25, 0.3) is 0 Å². The Morgan fingerprint density at radius 1 is 1.22 bits per heavy atom. The standard InChI is InChI=1S/C18H27N3O5S/c1-2-21(13-17(22)23)15-11-14(12-15)20-18(24)19-9-6-10-27(25,26)16-7-4-3-5-8-16/h3-5,7-8,14-15H,2,6,9-13H2,1H3,(H,22,23)(H2,19,20,24). The fraction of sp³-hybridized carbons (Fsp3) is 0.556. The number of nitrogens with one attached hydrogen (secondary N) is 2. The van der Waals surface area contributed by atoms with Gasteiger partial charge in [-0.25, -0.2) is 13.2 Å². The van der Waals surface area contributed by atoms with Gasteiger partial charge in [-0.3, -0.25) is 9.69 Å². The summed E-state index contributed by atoms with van der Waals surface area (Å²) in [4.78, 5) is 24.9. The van der Waals surface area contributed by atoms with Crippen LogP contribution < -0.4 is 10.6 Å². The van der Waals surface area contributed by atoms with E-state index in [9.17, 15) is 18.0 Å². The Morgan fingerprint density at radius 2 is 1.89 bits per heavy atom. The molecule has 0 aliphatic heterocycles. The minimum absolute atomic E-state index is 0.00989. The van der Waals surface area contributed by atoms with E-state index in [-0.39, 0.29) is 41.9 Å². The maximum absolute atomic E-state index is 12.1. The number of carbonyl (C=O) groups is 2. The molecule has 0 bridgehead atoms. The number of aliphatic carboxylic acids is 1. The molecule has 1 aliphatic carbocycles. The Labute approximate surface area is 159 Å². The predicted octanol–water partition coefficient (Wildman–Crippen LogP) is 1.09. The topological polar surface area (TPSA) is 116 Å². The van der Waals surface area contributed by atoms with Crippen LogP contribution in [0.15, 0.2) is 35.2 Å². The Kier molecular flexibility index (Phi) is 7.61. The van der Waals surface area contributed by atoms with Gasteiger partial charge < -0.3 is 15.7 Å². The van der Waals surface area contributed by atoms with Gasteiger partial charge in [-0.15, -0.1) is 0 Å². The highest BCUT2D eigenvalue weighted by Crippen LogP contribution is 2.25. The van der Waals surface area contributed by atoms with Crippen LogP contribution in [-0.4, -0.2) is 67.9 Å². The molecule has 1 aromatic carbocycles. The lowest BCUT2D eigenvalue weighted by Gasteiger charge is -2.42. The summed E-state index contributed by atoms with van der Waals surface area (Å²) in [7, 11) is -3.33. The lowest BCUT2D eigenvalue weighted by atomic mass is 9.85. The molecule has 0 saturated heterocycles. The summed E-state index contributed by atoms with van der Waals surface area (Å²) in [6.07, 6.45) is 1.77. The number of carboxylic acid groups (broad SMARTS) is 1. The molecule has 8 nitrogen and oxygen atoms in total. The van der Waals surface area contributed by atoms with E-state index in [1.165, 1.54) is 0 Å². The molecule has 0 unspecified atom stereocenters. The first kappa shape index (κ1) is 21.2. The molecule has 3 N–H and O–H groups in total. The first-order chi connectivity index (χ1) is 12.8. The molecule has 0 spiro atoms. The summed E-state index contributed by atoms with van der Waals surface area (Å²) in [6.45, 7) is 2.86. The highest BCUT2D eigenvalue weighted by atomic mass is 32.2. The number of hydrogen-bond donors (Lipinski definition) is 3. The normalized spacial score (nSPS) is 19.3. The Morgan fingerprint density at radius 3 is 2.48 bits per heavy atom. The quantitative estimate of drug-likeness (QED) is 0.509. The van der Waals surface area contributed by atoms with Crippen LogP contribution in [0.1, 0.15) is 26.2 Å². The maximum Gasteiger partial charge on any atom is 0.317 e. The molecule has 150 valence electrons. The van der Waals surface area contributed by atoms with Gasteiger partial charge in [0.2, 0.25) is 0 Å². The van der Waals surface area contributed by atoms with E-state index in [4.69, 9.17) is 5.11 Å². The van der Waals surface area contributed by atoms with Gasteiger partial charge in [0.1, 0.15) is 0 Å². The van der Waals surface area contributed by atoms with Crippen molar-refractivity contribution in [2.24, 2.45) is 0 Å². The van der Waals surface area contributed by atoms with Crippen molar-refractivity contribution in [2.45, 2.75) is 43.2 Å². The van der Waals surface area contributed by atoms with Gasteiger partial charge in [-0.1, -0.05) is 25.1 Å². The van der Waals surface area contributed by atoms with Crippen molar-refractivity contribution in [3.63, 3.8) is 0 Å². The zero-order valence-electron chi connectivity index (χ0n) is 15.4. The zero-order valence-corrected chi connectivity index (χ0v) is 16.2. The van der Waals surface area contributed by atoms with Gasteiger partial charge >= 0.3 is 12.0 Å². The zero-order chi connectivity index (χ0) is 19.9. The number of amides is 2. The maximum atomic E-state index is 12.1. The molecule has 2 amide bonds. The van der Waals surface area contributed by atoms with E-state index >= 15 is 0 Å². The summed E-state index contributed by atoms with van der Waals surface area (Å²) >= 11 is 0. The van der Waals surface area contributed by atoms with Crippen molar-refractivity contribution in [1.82, 2.24) is 15.5 Å². The van der Waals surface area contributed by atoms with Crippen molar-refractivity contribution in [3.05, 3.63) is 30.3 Å². The average molecular weight is 397 g/mol. The molecule has 0 radical (unpaired) electrons. The second kappa shape index (κ2) is 9.70. The fourth-order valence-electron chi connectivity index (χ4n) is 3.12. The largest absolute Gasteiger partial charge is 0.480 e. The SMILES string of the molecule is CCN(CC(=O)O)C1CC(NC(=O)NCCCS(=O)(=O)c2ccccc2)C1. The molecule has 27 heavy (non-hydrogen) atoms. The van der Waals surface area contributed by atoms with E-state index < -0.39 is 15.8 Å². The summed E-state index contributed by atoms with van der Waals surface area (Å²) in [5.41, 5.74) is 0. The number of sulfone groups is 1. The molecule has 0 atom stereocenters. The third-order valence-corrected chi connectivity index (χ3v) is 6.50. The van der Waals surface area contributed by atoms with Crippen LogP contribution in [-0.2, 0) is 14.6 Å². The predicted molar refractivity (Wildman–Crippen MR) is 101 cm³/mol. The Bertz CT molecular complexity index is 733. The van der Waals surface area contributed by atoms with Crippen molar-refractivity contribution < 1.29 is 23.1 Å². The summed E-state index contributed by atoms with van der Waals surface area (Å²) in [5, 5.41) is 14.4. The monoisotopic (exact) mass is 397 g/mol. The number of benzene rings is 1. The van der Waals surface area contributed by atoms with Gasteiger partial charge in [0, 0.05) is 18.6 Å². The summed E-state index contributed by atoms with van der Waals surface area (Å²) in [6, 6.07) is 8.12. The molecule has 1 fully saturated rings. The van der Waals surface area contributed by atoms with Crippen LogP contribution in [0.4, 0.5) is 4.79 Å². The second-order valence-electron chi connectivity index (χ2n) is 6.66.